The van der Waals surface area contributed by atoms with E-state index in [2.05, 4.69) is 25.8 Å². The van der Waals surface area contributed by atoms with Crippen LogP contribution in [0.5, 0.6) is 0 Å². The molecule has 0 bridgehead atoms. The topological polar surface area (TPSA) is 152 Å². The Labute approximate surface area is 281 Å². The van der Waals surface area contributed by atoms with Gasteiger partial charge >= 0.3 is 0 Å². The quantitative estimate of drug-likeness (QED) is 0.138. The first-order valence-corrected chi connectivity index (χ1v) is 17.5. The normalized spacial score (nSPS) is 19.7. The highest BCUT2D eigenvalue weighted by Gasteiger charge is 2.23. The minimum atomic E-state index is 0.175. The van der Waals surface area contributed by atoms with Gasteiger partial charge in [0.15, 0.2) is 23.3 Å². The summed E-state index contributed by atoms with van der Waals surface area (Å²) in [7, 11) is 0. The molecule has 0 aliphatic carbocycles. The Morgan fingerprint density at radius 2 is 1.21 bits per heavy atom. The van der Waals surface area contributed by atoms with Crippen LogP contribution < -0.4 is 21.7 Å². The van der Waals surface area contributed by atoms with Crippen LogP contribution in [-0.2, 0) is 0 Å². The molecular weight excluding hydrogens is 602 g/mol. The van der Waals surface area contributed by atoms with E-state index in [-0.39, 0.29) is 5.71 Å². The number of piperidine rings is 2. The van der Waals surface area contributed by atoms with Crippen molar-refractivity contribution < 1.29 is 0 Å². The second-order valence-corrected chi connectivity index (χ2v) is 12.9. The molecule has 7 heterocycles. The number of fused-ring (bicyclic) bond motifs is 2. The van der Waals surface area contributed by atoms with Crippen molar-refractivity contribution >= 4 is 51.4 Å². The number of likely N-dealkylation sites (tertiary alicyclic amines) is 2. The van der Waals surface area contributed by atoms with Crippen LogP contribution in [0.4, 0.5) is 23.0 Å². The third-order valence-electron chi connectivity index (χ3n) is 9.32. The van der Waals surface area contributed by atoms with E-state index in [1.807, 2.05) is 57.8 Å². The van der Waals surface area contributed by atoms with Gasteiger partial charge in [0.1, 0.15) is 11.4 Å². The highest BCUT2D eigenvalue weighted by Crippen LogP contribution is 2.32. The van der Waals surface area contributed by atoms with Gasteiger partial charge in [-0.15, -0.1) is 10.2 Å². The number of hydrogen-bond donors (Lipinski definition) is 5. The molecule has 7 rings (SSSR count). The fraction of sp³-hybridized carbons (Fsp3) is 0.457. The number of aromatic nitrogens is 4. The van der Waals surface area contributed by atoms with Gasteiger partial charge in [-0.3, -0.25) is 5.41 Å². The minimum absolute atomic E-state index is 0.175. The van der Waals surface area contributed by atoms with E-state index in [0.29, 0.717) is 40.4 Å². The lowest BCUT2D eigenvalue weighted by Gasteiger charge is -2.26. The van der Waals surface area contributed by atoms with Crippen molar-refractivity contribution in [3.8, 4) is 0 Å². The zero-order valence-electron chi connectivity index (χ0n) is 27.7. The van der Waals surface area contributed by atoms with Gasteiger partial charge in [-0.25, -0.2) is 19.0 Å². The number of pyridine rings is 2. The summed E-state index contributed by atoms with van der Waals surface area (Å²) >= 11 is 0. The molecule has 0 radical (unpaired) electrons. The van der Waals surface area contributed by atoms with Crippen LogP contribution in [-0.4, -0.2) is 98.8 Å². The summed E-state index contributed by atoms with van der Waals surface area (Å²) in [6.45, 7) is 8.47. The lowest BCUT2D eigenvalue weighted by molar-refractivity contribution is 0.228. The average molecular weight is 650 g/mol. The number of anilines is 2. The highest BCUT2D eigenvalue weighted by molar-refractivity contribution is 6.50. The largest absolute Gasteiger partial charge is 0.396 e. The second kappa shape index (κ2) is 15.0. The number of aliphatic imine (C=N–C) groups is 2. The van der Waals surface area contributed by atoms with Gasteiger partial charge in [0.2, 0.25) is 0 Å². The minimum Gasteiger partial charge on any atom is -0.396 e. The number of hydrogen-bond acceptors (Lipinski definition) is 10. The molecule has 2 saturated heterocycles. The molecule has 0 atom stereocenters. The van der Waals surface area contributed by atoms with Crippen molar-refractivity contribution in [1.29, 1.82) is 5.41 Å². The molecule has 13 heteroatoms. The Kier molecular flexibility index (Phi) is 9.94. The van der Waals surface area contributed by atoms with Crippen LogP contribution in [0.2, 0.25) is 0 Å². The number of rotatable bonds is 12. The van der Waals surface area contributed by atoms with Crippen molar-refractivity contribution in [3.63, 3.8) is 0 Å². The smallest absolute Gasteiger partial charge is 0.175 e. The van der Waals surface area contributed by atoms with Crippen LogP contribution in [0.3, 0.4) is 0 Å². The molecule has 0 spiro atoms. The van der Waals surface area contributed by atoms with Crippen molar-refractivity contribution in [2.45, 2.75) is 51.4 Å². The Balaban J connectivity index is 1.11. The summed E-state index contributed by atoms with van der Waals surface area (Å²) in [6, 6.07) is 11.8. The van der Waals surface area contributed by atoms with Crippen LogP contribution >= 0.6 is 0 Å². The SMILES string of the molecule is N=C1C=C(N)C(=Nc2c(NCCCN3CCCCC3)nn3ccccc23)NC1=Nc1c(NCCCN2CCCCC2)nn2ccccc12. The van der Waals surface area contributed by atoms with Crippen LogP contribution in [0.1, 0.15) is 51.4 Å². The number of nitrogens with one attached hydrogen (secondary N) is 4. The molecule has 0 unspecified atom stereocenters. The fourth-order valence-electron chi connectivity index (χ4n) is 6.76. The summed E-state index contributed by atoms with van der Waals surface area (Å²) in [5, 5.41) is 28.7. The van der Waals surface area contributed by atoms with E-state index in [4.69, 9.17) is 31.3 Å². The van der Waals surface area contributed by atoms with Crippen LogP contribution in [0.25, 0.3) is 11.0 Å². The molecule has 13 nitrogen and oxygen atoms in total. The van der Waals surface area contributed by atoms with E-state index in [9.17, 15) is 0 Å². The maximum atomic E-state index is 8.76. The molecule has 0 aromatic carbocycles. The van der Waals surface area contributed by atoms with E-state index < -0.39 is 0 Å². The van der Waals surface area contributed by atoms with E-state index in [1.165, 1.54) is 64.7 Å². The molecule has 0 amide bonds. The zero-order chi connectivity index (χ0) is 32.7. The zero-order valence-corrected chi connectivity index (χ0v) is 27.7. The lowest BCUT2D eigenvalue weighted by Crippen LogP contribution is -2.42. The molecule has 4 aromatic heterocycles. The summed E-state index contributed by atoms with van der Waals surface area (Å²) < 4.78 is 3.65. The molecule has 2 fully saturated rings. The fourth-order valence-corrected chi connectivity index (χ4v) is 6.76. The summed E-state index contributed by atoms with van der Waals surface area (Å²) in [5.41, 5.74) is 10.1. The van der Waals surface area contributed by atoms with Gasteiger partial charge in [0, 0.05) is 25.5 Å². The Morgan fingerprint density at radius 3 is 1.73 bits per heavy atom. The maximum absolute atomic E-state index is 8.76. The standard InChI is InChI=1S/C35H47N13/c36-26-25-27(37)33(41-31-29-14-4-10-24-48(29)44-35(31)39-16-12-22-46-19-7-2-8-20-46)42-32(26)40-30-28-13-3-9-23-47(28)43-34(30)38-15-11-21-45-17-5-1-6-18-45/h3-4,9-10,13-14,23-25,36H,1-2,5-8,11-12,15-22,37H2,(H,38,43)(H,39,44)(H,40,41,42). The first kappa shape index (κ1) is 31.8. The Morgan fingerprint density at radius 1 is 0.708 bits per heavy atom. The second-order valence-electron chi connectivity index (χ2n) is 12.9. The monoisotopic (exact) mass is 649 g/mol. The third-order valence-corrected chi connectivity index (χ3v) is 9.32. The van der Waals surface area contributed by atoms with Gasteiger partial charge in [-0.05, 0) is 108 Å². The summed E-state index contributed by atoms with van der Waals surface area (Å²) in [6.07, 6.45) is 15.3. The van der Waals surface area contributed by atoms with Gasteiger partial charge in [0.25, 0.3) is 0 Å². The lowest BCUT2D eigenvalue weighted by atomic mass is 10.1. The molecular formula is C35H47N13. The van der Waals surface area contributed by atoms with Crippen LogP contribution in [0, 0.1) is 5.41 Å². The predicted molar refractivity (Wildman–Crippen MR) is 195 cm³/mol. The van der Waals surface area contributed by atoms with E-state index >= 15 is 0 Å². The molecule has 3 aliphatic heterocycles. The molecule has 48 heavy (non-hydrogen) atoms. The number of nitrogens with two attached hydrogens (primary N) is 1. The summed E-state index contributed by atoms with van der Waals surface area (Å²) in [5.74, 6) is 2.15. The highest BCUT2D eigenvalue weighted by atomic mass is 15.3. The van der Waals surface area contributed by atoms with Gasteiger partial charge < -0.3 is 31.5 Å². The molecule has 6 N–H and O–H groups in total. The van der Waals surface area contributed by atoms with E-state index in [1.54, 1.807) is 6.08 Å². The Bertz CT molecular complexity index is 1820. The summed E-state index contributed by atoms with van der Waals surface area (Å²) in [4.78, 5) is 15.0. The maximum Gasteiger partial charge on any atom is 0.175 e. The van der Waals surface area contributed by atoms with Crippen LogP contribution in [0.15, 0.2) is 70.5 Å². The van der Waals surface area contributed by atoms with Crippen molar-refractivity contribution in [2.24, 2.45) is 15.7 Å². The number of amidine groups is 2. The average Bonchev–Trinajstić information content (AvgIpc) is 3.65. The molecule has 252 valence electrons. The Hall–Kier alpha value is -4.75. The molecule has 3 aliphatic rings. The molecule has 4 aromatic rings. The van der Waals surface area contributed by atoms with Gasteiger partial charge in [-0.1, -0.05) is 25.0 Å². The van der Waals surface area contributed by atoms with Crippen molar-refractivity contribution in [2.75, 3.05) is 63.0 Å². The first-order chi connectivity index (χ1) is 23.6. The third kappa shape index (κ3) is 7.37. The molecule has 0 saturated carbocycles. The van der Waals surface area contributed by atoms with E-state index in [0.717, 1.165) is 50.1 Å². The van der Waals surface area contributed by atoms with Gasteiger partial charge in [0.05, 0.1) is 22.4 Å². The van der Waals surface area contributed by atoms with Gasteiger partial charge in [-0.2, -0.15) is 0 Å². The number of nitrogens with zero attached hydrogens (tertiary/aromatic N) is 8. The first-order valence-electron chi connectivity index (χ1n) is 17.5. The van der Waals surface area contributed by atoms with Crippen molar-refractivity contribution in [1.82, 2.24) is 34.3 Å². The predicted octanol–water partition coefficient (Wildman–Crippen LogP) is 4.78. The van der Waals surface area contributed by atoms with Crippen molar-refractivity contribution in [3.05, 3.63) is 60.6 Å².